The standard InChI is InChI=1S/C17H16N2O2/c1-12-18-15-5-3-4-6-16(15)19(12)10-14-9-13(11-20)7-8-17(14)21-2/h3-9,11H,10H2,1-2H3. The van der Waals surface area contributed by atoms with Crippen LogP contribution in [0.2, 0.25) is 0 Å². The van der Waals surface area contributed by atoms with Gasteiger partial charge in [-0.05, 0) is 37.3 Å². The van der Waals surface area contributed by atoms with E-state index in [9.17, 15) is 4.79 Å². The van der Waals surface area contributed by atoms with Crippen molar-refractivity contribution >= 4 is 17.3 Å². The van der Waals surface area contributed by atoms with Crippen LogP contribution in [0.4, 0.5) is 0 Å². The molecule has 21 heavy (non-hydrogen) atoms. The van der Waals surface area contributed by atoms with Gasteiger partial charge in [-0.2, -0.15) is 0 Å². The van der Waals surface area contributed by atoms with Gasteiger partial charge in [-0.15, -0.1) is 0 Å². The van der Waals surface area contributed by atoms with Crippen LogP contribution in [0, 0.1) is 6.92 Å². The van der Waals surface area contributed by atoms with E-state index in [1.54, 1.807) is 13.2 Å². The highest BCUT2D eigenvalue weighted by Crippen LogP contribution is 2.23. The predicted octanol–water partition coefficient (Wildman–Crippen LogP) is 3.21. The minimum absolute atomic E-state index is 0.622. The SMILES string of the molecule is COc1ccc(C=O)cc1Cn1c(C)nc2ccccc21. The summed E-state index contributed by atoms with van der Waals surface area (Å²) in [5, 5.41) is 0. The molecule has 0 bridgehead atoms. The monoisotopic (exact) mass is 280 g/mol. The zero-order valence-electron chi connectivity index (χ0n) is 12.0. The minimum Gasteiger partial charge on any atom is -0.496 e. The zero-order chi connectivity index (χ0) is 14.8. The number of carbonyl (C=O) groups excluding carboxylic acids is 1. The molecule has 0 aliphatic rings. The molecule has 0 spiro atoms. The van der Waals surface area contributed by atoms with Crippen molar-refractivity contribution < 1.29 is 9.53 Å². The molecule has 0 radical (unpaired) electrons. The van der Waals surface area contributed by atoms with Gasteiger partial charge < -0.3 is 9.30 Å². The summed E-state index contributed by atoms with van der Waals surface area (Å²) in [7, 11) is 1.64. The van der Waals surface area contributed by atoms with Gasteiger partial charge in [0, 0.05) is 11.1 Å². The van der Waals surface area contributed by atoms with Gasteiger partial charge in [0.15, 0.2) is 0 Å². The number of hydrogen-bond donors (Lipinski definition) is 0. The molecule has 2 aromatic carbocycles. The number of aldehydes is 1. The molecule has 0 aliphatic heterocycles. The molecule has 0 aliphatic carbocycles. The summed E-state index contributed by atoms with van der Waals surface area (Å²) in [4.78, 5) is 15.5. The highest BCUT2D eigenvalue weighted by Gasteiger charge is 2.10. The van der Waals surface area contributed by atoms with E-state index in [1.165, 1.54) is 0 Å². The normalized spacial score (nSPS) is 10.8. The van der Waals surface area contributed by atoms with Crippen molar-refractivity contribution in [3.05, 3.63) is 59.4 Å². The number of benzene rings is 2. The van der Waals surface area contributed by atoms with Crippen molar-refractivity contribution in [2.75, 3.05) is 7.11 Å². The lowest BCUT2D eigenvalue weighted by Crippen LogP contribution is -2.04. The van der Waals surface area contributed by atoms with Gasteiger partial charge in [0.25, 0.3) is 0 Å². The molecule has 3 rings (SSSR count). The van der Waals surface area contributed by atoms with Gasteiger partial charge >= 0.3 is 0 Å². The van der Waals surface area contributed by atoms with E-state index in [4.69, 9.17) is 4.74 Å². The van der Waals surface area contributed by atoms with E-state index >= 15 is 0 Å². The van der Waals surface area contributed by atoms with Crippen molar-refractivity contribution in [1.82, 2.24) is 9.55 Å². The number of methoxy groups -OCH3 is 1. The van der Waals surface area contributed by atoms with Gasteiger partial charge in [-0.1, -0.05) is 12.1 Å². The number of aryl methyl sites for hydroxylation is 1. The van der Waals surface area contributed by atoms with Gasteiger partial charge in [0.1, 0.15) is 17.9 Å². The second kappa shape index (κ2) is 5.40. The maximum atomic E-state index is 11.0. The maximum Gasteiger partial charge on any atom is 0.150 e. The highest BCUT2D eigenvalue weighted by atomic mass is 16.5. The zero-order valence-corrected chi connectivity index (χ0v) is 12.0. The lowest BCUT2D eigenvalue weighted by atomic mass is 10.1. The van der Waals surface area contributed by atoms with Crippen LogP contribution < -0.4 is 4.74 Å². The van der Waals surface area contributed by atoms with Gasteiger partial charge in [-0.25, -0.2) is 4.98 Å². The molecule has 3 aromatic rings. The fourth-order valence-corrected chi connectivity index (χ4v) is 2.56. The molecule has 0 amide bonds. The fourth-order valence-electron chi connectivity index (χ4n) is 2.56. The summed E-state index contributed by atoms with van der Waals surface area (Å²) in [6.07, 6.45) is 0.849. The van der Waals surface area contributed by atoms with Crippen molar-refractivity contribution in [2.24, 2.45) is 0 Å². The number of fused-ring (bicyclic) bond motifs is 1. The van der Waals surface area contributed by atoms with E-state index in [2.05, 4.69) is 9.55 Å². The van der Waals surface area contributed by atoms with Crippen LogP contribution in [0.5, 0.6) is 5.75 Å². The Balaban J connectivity index is 2.10. The van der Waals surface area contributed by atoms with Crippen LogP contribution >= 0.6 is 0 Å². The Morgan fingerprint density at radius 1 is 1.24 bits per heavy atom. The molecule has 4 nitrogen and oxygen atoms in total. The van der Waals surface area contributed by atoms with E-state index in [1.807, 2.05) is 43.3 Å². The first-order valence-corrected chi connectivity index (χ1v) is 6.77. The van der Waals surface area contributed by atoms with Crippen LogP contribution in [-0.2, 0) is 6.54 Å². The van der Waals surface area contributed by atoms with Crippen molar-refractivity contribution in [3.8, 4) is 5.75 Å². The molecule has 1 aromatic heterocycles. The fraction of sp³-hybridized carbons (Fsp3) is 0.176. The third-order valence-electron chi connectivity index (χ3n) is 3.61. The largest absolute Gasteiger partial charge is 0.496 e. The molecule has 106 valence electrons. The van der Waals surface area contributed by atoms with Crippen LogP contribution in [0.15, 0.2) is 42.5 Å². The Morgan fingerprint density at radius 3 is 2.81 bits per heavy atom. The molecule has 0 unspecified atom stereocenters. The summed E-state index contributed by atoms with van der Waals surface area (Å²) < 4.78 is 7.52. The van der Waals surface area contributed by atoms with E-state index in [0.29, 0.717) is 12.1 Å². The topological polar surface area (TPSA) is 44.1 Å². The number of carbonyl (C=O) groups is 1. The van der Waals surface area contributed by atoms with Gasteiger partial charge in [0.2, 0.25) is 0 Å². The van der Waals surface area contributed by atoms with E-state index in [0.717, 1.165) is 34.5 Å². The van der Waals surface area contributed by atoms with Crippen molar-refractivity contribution in [1.29, 1.82) is 0 Å². The Kier molecular flexibility index (Phi) is 3.44. The molecule has 1 heterocycles. The van der Waals surface area contributed by atoms with E-state index in [-0.39, 0.29) is 0 Å². The molecule has 4 heteroatoms. The first-order chi connectivity index (χ1) is 10.2. The predicted molar refractivity (Wildman–Crippen MR) is 82.0 cm³/mol. The van der Waals surface area contributed by atoms with Gasteiger partial charge in [-0.3, -0.25) is 4.79 Å². The Labute approximate surface area is 123 Å². The Bertz CT molecular complexity index is 806. The minimum atomic E-state index is 0.622. The Morgan fingerprint density at radius 2 is 2.05 bits per heavy atom. The Hall–Kier alpha value is -2.62. The van der Waals surface area contributed by atoms with Crippen molar-refractivity contribution in [3.63, 3.8) is 0 Å². The quantitative estimate of drug-likeness (QED) is 0.689. The smallest absolute Gasteiger partial charge is 0.150 e. The maximum absolute atomic E-state index is 11.0. The number of nitrogens with zero attached hydrogens (tertiary/aromatic N) is 2. The number of imidazole rings is 1. The average Bonchev–Trinajstić information content (AvgIpc) is 2.83. The molecule has 0 saturated heterocycles. The highest BCUT2D eigenvalue weighted by molar-refractivity contribution is 5.77. The molecule has 0 saturated carbocycles. The van der Waals surface area contributed by atoms with Crippen LogP contribution in [0.25, 0.3) is 11.0 Å². The first-order valence-electron chi connectivity index (χ1n) is 6.77. The molecule has 0 atom stereocenters. The summed E-state index contributed by atoms with van der Waals surface area (Å²) in [6, 6.07) is 13.5. The van der Waals surface area contributed by atoms with Crippen LogP contribution in [0.1, 0.15) is 21.7 Å². The molecule has 0 fully saturated rings. The number of rotatable bonds is 4. The lowest BCUT2D eigenvalue weighted by molar-refractivity contribution is 0.112. The summed E-state index contributed by atoms with van der Waals surface area (Å²) in [5.41, 5.74) is 3.66. The molecule has 0 N–H and O–H groups in total. The van der Waals surface area contributed by atoms with Gasteiger partial charge in [0.05, 0.1) is 24.7 Å². The molecular formula is C17H16N2O2. The number of ether oxygens (including phenoxy) is 1. The lowest BCUT2D eigenvalue weighted by Gasteiger charge is -2.12. The van der Waals surface area contributed by atoms with Crippen LogP contribution in [-0.4, -0.2) is 22.9 Å². The number of aromatic nitrogens is 2. The van der Waals surface area contributed by atoms with Crippen molar-refractivity contribution in [2.45, 2.75) is 13.5 Å². The third-order valence-corrected chi connectivity index (χ3v) is 3.61. The molecular weight excluding hydrogens is 264 g/mol. The average molecular weight is 280 g/mol. The first kappa shape index (κ1) is 13.4. The van der Waals surface area contributed by atoms with Crippen LogP contribution in [0.3, 0.4) is 0 Å². The second-order valence-electron chi connectivity index (χ2n) is 4.92. The second-order valence-corrected chi connectivity index (χ2v) is 4.92. The number of hydrogen-bond acceptors (Lipinski definition) is 3. The van der Waals surface area contributed by atoms with E-state index < -0.39 is 0 Å². The number of para-hydroxylation sites is 2. The summed E-state index contributed by atoms with van der Waals surface area (Å²) >= 11 is 0. The summed E-state index contributed by atoms with van der Waals surface area (Å²) in [5.74, 6) is 1.72. The third kappa shape index (κ3) is 2.40. The summed E-state index contributed by atoms with van der Waals surface area (Å²) in [6.45, 7) is 2.60.